The van der Waals surface area contributed by atoms with Crippen molar-refractivity contribution < 1.29 is 9.72 Å². The van der Waals surface area contributed by atoms with E-state index in [4.69, 9.17) is 0 Å². The predicted molar refractivity (Wildman–Crippen MR) is 67.5 cm³/mol. The molecular formula is C13H12N2O3. The highest BCUT2D eigenvalue weighted by molar-refractivity contribution is 5.85. The Hall–Kier alpha value is -2.30. The van der Waals surface area contributed by atoms with Gasteiger partial charge in [0.1, 0.15) is 5.78 Å². The van der Waals surface area contributed by atoms with Crippen LogP contribution in [0.1, 0.15) is 25.5 Å². The van der Waals surface area contributed by atoms with Crippen LogP contribution in [0.25, 0.3) is 10.9 Å². The molecule has 0 spiro atoms. The number of aromatic nitrogens is 1. The standard InChI is InChI=1S/C13H12N2O3/c1-8(9(2)16)12-5-3-10-7-11(15(17)18)4-6-13(10)14-12/h3-8H,1-2H3. The van der Waals surface area contributed by atoms with Crippen molar-refractivity contribution >= 4 is 22.4 Å². The number of ketones is 1. The number of hydrogen-bond donors (Lipinski definition) is 0. The molecule has 1 heterocycles. The minimum absolute atomic E-state index is 0.0386. The van der Waals surface area contributed by atoms with Gasteiger partial charge in [0, 0.05) is 17.5 Å². The molecule has 0 aliphatic carbocycles. The molecule has 1 atom stereocenters. The Morgan fingerprint density at radius 3 is 2.67 bits per heavy atom. The second kappa shape index (κ2) is 4.52. The smallest absolute Gasteiger partial charge is 0.270 e. The van der Waals surface area contributed by atoms with Crippen molar-refractivity contribution in [2.45, 2.75) is 19.8 Å². The zero-order chi connectivity index (χ0) is 13.3. The Labute approximate surface area is 104 Å². The average Bonchev–Trinajstić information content (AvgIpc) is 2.36. The van der Waals surface area contributed by atoms with E-state index in [0.29, 0.717) is 16.6 Å². The Morgan fingerprint density at radius 2 is 2.06 bits per heavy atom. The molecule has 0 aliphatic heterocycles. The summed E-state index contributed by atoms with van der Waals surface area (Å²) in [5.41, 5.74) is 1.38. The van der Waals surface area contributed by atoms with E-state index in [2.05, 4.69) is 4.98 Å². The van der Waals surface area contributed by atoms with Crippen LogP contribution in [0.15, 0.2) is 30.3 Å². The predicted octanol–water partition coefficient (Wildman–Crippen LogP) is 2.84. The van der Waals surface area contributed by atoms with Crippen LogP contribution in [0.2, 0.25) is 0 Å². The van der Waals surface area contributed by atoms with Crippen LogP contribution >= 0.6 is 0 Å². The van der Waals surface area contributed by atoms with E-state index in [1.54, 1.807) is 25.1 Å². The maximum atomic E-state index is 11.3. The fourth-order valence-electron chi connectivity index (χ4n) is 1.69. The van der Waals surface area contributed by atoms with E-state index in [9.17, 15) is 14.9 Å². The Morgan fingerprint density at radius 1 is 1.33 bits per heavy atom. The SMILES string of the molecule is CC(=O)C(C)c1ccc2cc([N+](=O)[O-])ccc2n1. The van der Waals surface area contributed by atoms with Crippen LogP contribution in [0.5, 0.6) is 0 Å². The van der Waals surface area contributed by atoms with Gasteiger partial charge in [0.05, 0.1) is 22.1 Å². The van der Waals surface area contributed by atoms with Crippen LogP contribution in [0, 0.1) is 10.1 Å². The lowest BCUT2D eigenvalue weighted by atomic mass is 10.0. The van der Waals surface area contributed by atoms with Crippen LogP contribution < -0.4 is 0 Å². The number of pyridine rings is 1. The Balaban J connectivity index is 2.50. The van der Waals surface area contributed by atoms with Crippen molar-refractivity contribution in [3.05, 3.63) is 46.1 Å². The first-order chi connectivity index (χ1) is 8.49. The summed E-state index contributed by atoms with van der Waals surface area (Å²) in [6, 6.07) is 7.98. The molecule has 0 fully saturated rings. The third-order valence-corrected chi connectivity index (χ3v) is 2.96. The van der Waals surface area contributed by atoms with Crippen molar-refractivity contribution in [1.82, 2.24) is 4.98 Å². The Bertz CT molecular complexity index is 637. The molecule has 0 amide bonds. The van der Waals surface area contributed by atoms with Crippen molar-refractivity contribution in [1.29, 1.82) is 0 Å². The second-order valence-corrected chi connectivity index (χ2v) is 4.20. The van der Waals surface area contributed by atoms with Crippen LogP contribution in [-0.4, -0.2) is 15.7 Å². The lowest BCUT2D eigenvalue weighted by molar-refractivity contribution is -0.384. The summed E-state index contributed by atoms with van der Waals surface area (Å²) in [4.78, 5) is 25.9. The molecule has 1 aromatic heterocycles. The zero-order valence-corrected chi connectivity index (χ0v) is 10.1. The molecule has 92 valence electrons. The second-order valence-electron chi connectivity index (χ2n) is 4.20. The maximum absolute atomic E-state index is 11.3. The number of nitro groups is 1. The van der Waals surface area contributed by atoms with Gasteiger partial charge in [-0.25, -0.2) is 0 Å². The van der Waals surface area contributed by atoms with Crippen LogP contribution in [0.4, 0.5) is 5.69 Å². The van der Waals surface area contributed by atoms with Crippen LogP contribution in [-0.2, 0) is 4.79 Å². The third kappa shape index (κ3) is 2.20. The summed E-state index contributed by atoms with van der Waals surface area (Å²) < 4.78 is 0. The molecule has 0 saturated heterocycles. The van der Waals surface area contributed by atoms with Crippen molar-refractivity contribution in [3.8, 4) is 0 Å². The van der Waals surface area contributed by atoms with E-state index in [-0.39, 0.29) is 17.4 Å². The number of carbonyl (C=O) groups is 1. The molecule has 0 bridgehead atoms. The number of hydrogen-bond acceptors (Lipinski definition) is 4. The van der Waals surface area contributed by atoms with Gasteiger partial charge in [0.25, 0.3) is 5.69 Å². The molecule has 1 unspecified atom stereocenters. The van der Waals surface area contributed by atoms with Gasteiger partial charge in [-0.2, -0.15) is 0 Å². The van der Waals surface area contributed by atoms with Gasteiger partial charge >= 0.3 is 0 Å². The first-order valence-corrected chi connectivity index (χ1v) is 5.54. The van der Waals surface area contributed by atoms with Gasteiger partial charge < -0.3 is 0 Å². The van der Waals surface area contributed by atoms with Gasteiger partial charge in [-0.05, 0) is 26.0 Å². The van der Waals surface area contributed by atoms with E-state index >= 15 is 0 Å². The normalized spacial score (nSPS) is 12.3. The quantitative estimate of drug-likeness (QED) is 0.614. The number of fused-ring (bicyclic) bond motifs is 1. The molecule has 0 saturated carbocycles. The molecule has 2 aromatic rings. The molecule has 0 N–H and O–H groups in total. The van der Waals surface area contributed by atoms with E-state index in [1.807, 2.05) is 0 Å². The first kappa shape index (κ1) is 12.2. The van der Waals surface area contributed by atoms with Crippen molar-refractivity contribution in [2.75, 3.05) is 0 Å². The highest BCUT2D eigenvalue weighted by atomic mass is 16.6. The number of non-ortho nitro benzene ring substituents is 1. The average molecular weight is 244 g/mol. The van der Waals surface area contributed by atoms with Crippen LogP contribution in [0.3, 0.4) is 0 Å². The number of carbonyl (C=O) groups excluding carboxylic acids is 1. The molecule has 0 aliphatic rings. The monoisotopic (exact) mass is 244 g/mol. The molecule has 5 heteroatoms. The molecule has 2 rings (SSSR count). The first-order valence-electron chi connectivity index (χ1n) is 5.54. The van der Waals surface area contributed by atoms with E-state index < -0.39 is 4.92 Å². The van der Waals surface area contributed by atoms with Gasteiger partial charge in [-0.15, -0.1) is 0 Å². The van der Waals surface area contributed by atoms with Gasteiger partial charge in [0.15, 0.2) is 0 Å². The van der Waals surface area contributed by atoms with Crippen molar-refractivity contribution in [2.24, 2.45) is 0 Å². The molecular weight excluding hydrogens is 232 g/mol. The van der Waals surface area contributed by atoms with E-state index in [0.717, 1.165) is 0 Å². The van der Waals surface area contributed by atoms with E-state index in [1.165, 1.54) is 19.1 Å². The molecule has 0 radical (unpaired) electrons. The minimum Gasteiger partial charge on any atom is -0.299 e. The van der Waals surface area contributed by atoms with Gasteiger partial charge in [0.2, 0.25) is 0 Å². The number of Topliss-reactive ketones (excluding diaryl/α,β-unsaturated/α-hetero) is 1. The third-order valence-electron chi connectivity index (χ3n) is 2.96. The summed E-state index contributed by atoms with van der Waals surface area (Å²) in [6.07, 6.45) is 0. The van der Waals surface area contributed by atoms with Crippen molar-refractivity contribution in [3.63, 3.8) is 0 Å². The molecule has 1 aromatic carbocycles. The lowest BCUT2D eigenvalue weighted by Crippen LogP contribution is -2.06. The largest absolute Gasteiger partial charge is 0.299 e. The summed E-state index contributed by atoms with van der Waals surface area (Å²) >= 11 is 0. The summed E-state index contributed by atoms with van der Waals surface area (Å²) in [7, 11) is 0. The fourth-order valence-corrected chi connectivity index (χ4v) is 1.69. The fraction of sp³-hybridized carbons (Fsp3) is 0.231. The number of nitro benzene ring substituents is 1. The highest BCUT2D eigenvalue weighted by Crippen LogP contribution is 2.22. The molecule has 5 nitrogen and oxygen atoms in total. The number of benzene rings is 1. The lowest BCUT2D eigenvalue weighted by Gasteiger charge is -2.07. The highest BCUT2D eigenvalue weighted by Gasteiger charge is 2.13. The topological polar surface area (TPSA) is 73.1 Å². The van der Waals surface area contributed by atoms with Gasteiger partial charge in [-0.3, -0.25) is 19.9 Å². The maximum Gasteiger partial charge on any atom is 0.270 e. The molecule has 18 heavy (non-hydrogen) atoms. The zero-order valence-electron chi connectivity index (χ0n) is 10.1. The summed E-state index contributed by atoms with van der Waals surface area (Å²) in [6.45, 7) is 3.31. The van der Waals surface area contributed by atoms with Gasteiger partial charge in [-0.1, -0.05) is 6.07 Å². The Kier molecular flexibility index (Phi) is 3.06. The summed E-state index contributed by atoms with van der Waals surface area (Å²) in [5.74, 6) is -0.214. The number of rotatable bonds is 3. The number of nitrogens with zero attached hydrogens (tertiary/aromatic N) is 2. The summed E-state index contributed by atoms with van der Waals surface area (Å²) in [5, 5.41) is 11.3. The minimum atomic E-state index is -0.439.